The molecule has 0 N–H and O–H groups in total. The standard InChI is InChI=1S/C21H18N4S/c1-2-6-15(7-3-1)17-13-26-21-19(17)20(23-14-24-21)25-11-5-9-18(25)16-8-4-10-22-12-16/h1-4,6-8,10,12-14,18H,5,9,11H2. The van der Waals surface area contributed by atoms with Crippen molar-refractivity contribution in [1.82, 2.24) is 15.0 Å². The molecule has 0 bridgehead atoms. The van der Waals surface area contributed by atoms with Crippen LogP contribution in [0.2, 0.25) is 0 Å². The first-order chi connectivity index (χ1) is 12.9. The Labute approximate surface area is 156 Å². The Balaban J connectivity index is 1.66. The molecule has 3 aromatic heterocycles. The van der Waals surface area contributed by atoms with Gasteiger partial charge in [-0.1, -0.05) is 36.4 Å². The number of anilines is 1. The molecule has 128 valence electrons. The van der Waals surface area contributed by atoms with Crippen molar-refractivity contribution in [3.8, 4) is 11.1 Å². The van der Waals surface area contributed by atoms with Crippen LogP contribution in [-0.2, 0) is 0 Å². The zero-order chi connectivity index (χ0) is 17.3. The van der Waals surface area contributed by atoms with Gasteiger partial charge in [-0.05, 0) is 30.0 Å². The molecule has 26 heavy (non-hydrogen) atoms. The van der Waals surface area contributed by atoms with Crippen LogP contribution in [0, 0.1) is 0 Å². The summed E-state index contributed by atoms with van der Waals surface area (Å²) >= 11 is 1.69. The second kappa shape index (κ2) is 6.50. The maximum atomic E-state index is 4.72. The van der Waals surface area contributed by atoms with E-state index in [2.05, 4.69) is 50.6 Å². The molecular formula is C21H18N4S. The second-order valence-corrected chi connectivity index (χ2v) is 7.39. The summed E-state index contributed by atoms with van der Waals surface area (Å²) in [5.41, 5.74) is 3.69. The lowest BCUT2D eigenvalue weighted by Crippen LogP contribution is -2.24. The van der Waals surface area contributed by atoms with Gasteiger partial charge in [0.25, 0.3) is 0 Å². The minimum absolute atomic E-state index is 0.324. The van der Waals surface area contributed by atoms with Gasteiger partial charge < -0.3 is 4.90 Å². The van der Waals surface area contributed by atoms with Gasteiger partial charge in [0.1, 0.15) is 17.0 Å². The number of rotatable bonds is 3. The smallest absolute Gasteiger partial charge is 0.141 e. The van der Waals surface area contributed by atoms with Crippen LogP contribution < -0.4 is 4.90 Å². The lowest BCUT2D eigenvalue weighted by molar-refractivity contribution is 0.710. The summed E-state index contributed by atoms with van der Waals surface area (Å²) in [5.74, 6) is 1.04. The van der Waals surface area contributed by atoms with Crippen molar-refractivity contribution >= 4 is 27.4 Å². The molecule has 1 saturated heterocycles. The molecule has 1 aliphatic rings. The summed E-state index contributed by atoms with van der Waals surface area (Å²) in [7, 11) is 0. The summed E-state index contributed by atoms with van der Waals surface area (Å²) in [6.07, 6.45) is 7.80. The van der Waals surface area contributed by atoms with Crippen LogP contribution in [0.3, 0.4) is 0 Å². The van der Waals surface area contributed by atoms with Gasteiger partial charge in [-0.15, -0.1) is 11.3 Å². The number of fused-ring (bicyclic) bond motifs is 1. The van der Waals surface area contributed by atoms with Crippen LogP contribution in [0.15, 0.2) is 66.6 Å². The average molecular weight is 358 g/mol. The Hall–Kier alpha value is -2.79. The van der Waals surface area contributed by atoms with Crippen LogP contribution >= 0.6 is 11.3 Å². The lowest BCUT2D eigenvalue weighted by Gasteiger charge is -2.26. The molecule has 0 amide bonds. The van der Waals surface area contributed by atoms with Crippen LogP contribution in [0.1, 0.15) is 24.4 Å². The molecule has 0 saturated carbocycles. The lowest BCUT2D eigenvalue weighted by atomic mass is 10.0. The normalized spacial score (nSPS) is 17.1. The van der Waals surface area contributed by atoms with E-state index in [1.165, 1.54) is 22.1 Å². The summed E-state index contributed by atoms with van der Waals surface area (Å²) in [5, 5.41) is 3.37. The van der Waals surface area contributed by atoms with E-state index in [0.717, 1.165) is 30.0 Å². The van der Waals surface area contributed by atoms with E-state index in [-0.39, 0.29) is 0 Å². The van der Waals surface area contributed by atoms with E-state index in [1.54, 1.807) is 17.7 Å². The zero-order valence-electron chi connectivity index (χ0n) is 14.2. The molecule has 1 aliphatic heterocycles. The van der Waals surface area contributed by atoms with E-state index < -0.39 is 0 Å². The predicted octanol–water partition coefficient (Wildman–Crippen LogP) is 5.09. The molecule has 4 heterocycles. The third-order valence-electron chi connectivity index (χ3n) is 5.03. The van der Waals surface area contributed by atoms with Crippen molar-refractivity contribution in [3.63, 3.8) is 0 Å². The maximum Gasteiger partial charge on any atom is 0.141 e. The van der Waals surface area contributed by atoms with Crippen LogP contribution in [-0.4, -0.2) is 21.5 Å². The SMILES string of the molecule is c1ccc(-c2csc3ncnc(N4CCCC4c4cccnc4)c23)cc1. The summed E-state index contributed by atoms with van der Waals surface area (Å²) in [6.45, 7) is 1.01. The van der Waals surface area contributed by atoms with Gasteiger partial charge in [0.2, 0.25) is 0 Å². The molecule has 1 unspecified atom stereocenters. The van der Waals surface area contributed by atoms with E-state index in [4.69, 9.17) is 4.98 Å². The highest BCUT2D eigenvalue weighted by Gasteiger charge is 2.29. The molecule has 4 nitrogen and oxygen atoms in total. The number of pyridine rings is 1. The number of thiophene rings is 1. The fourth-order valence-corrected chi connectivity index (χ4v) is 4.76. The Morgan fingerprint density at radius 1 is 1.04 bits per heavy atom. The molecular weight excluding hydrogens is 340 g/mol. The molecule has 0 spiro atoms. The van der Waals surface area contributed by atoms with Crippen molar-refractivity contribution in [2.24, 2.45) is 0 Å². The summed E-state index contributed by atoms with van der Waals surface area (Å²) < 4.78 is 0. The molecule has 1 atom stereocenters. The van der Waals surface area contributed by atoms with Gasteiger partial charge in [-0.25, -0.2) is 9.97 Å². The Morgan fingerprint density at radius 2 is 1.96 bits per heavy atom. The Kier molecular flexibility index (Phi) is 3.87. The highest BCUT2D eigenvalue weighted by Crippen LogP contribution is 2.42. The van der Waals surface area contributed by atoms with Crippen molar-refractivity contribution in [2.75, 3.05) is 11.4 Å². The molecule has 1 fully saturated rings. The van der Waals surface area contributed by atoms with E-state index >= 15 is 0 Å². The minimum Gasteiger partial charge on any atom is -0.349 e. The second-order valence-electron chi connectivity index (χ2n) is 6.53. The topological polar surface area (TPSA) is 41.9 Å². The van der Waals surface area contributed by atoms with Gasteiger partial charge in [0.15, 0.2) is 0 Å². The van der Waals surface area contributed by atoms with Crippen molar-refractivity contribution in [2.45, 2.75) is 18.9 Å². The molecule has 1 aromatic carbocycles. The van der Waals surface area contributed by atoms with Crippen molar-refractivity contribution < 1.29 is 0 Å². The molecule has 5 heteroatoms. The summed E-state index contributed by atoms with van der Waals surface area (Å²) in [6, 6.07) is 15.0. The van der Waals surface area contributed by atoms with Gasteiger partial charge in [-0.3, -0.25) is 4.98 Å². The third kappa shape index (κ3) is 2.56. The Bertz CT molecular complexity index is 1030. The average Bonchev–Trinajstić information content (AvgIpc) is 3.36. The number of hydrogen-bond acceptors (Lipinski definition) is 5. The van der Waals surface area contributed by atoms with E-state index in [9.17, 15) is 0 Å². The van der Waals surface area contributed by atoms with Gasteiger partial charge in [0, 0.05) is 29.9 Å². The first-order valence-corrected chi connectivity index (χ1v) is 9.74. The van der Waals surface area contributed by atoms with Gasteiger partial charge in [-0.2, -0.15) is 0 Å². The summed E-state index contributed by atoms with van der Waals surface area (Å²) in [4.78, 5) is 17.0. The van der Waals surface area contributed by atoms with Crippen LogP contribution in [0.25, 0.3) is 21.3 Å². The van der Waals surface area contributed by atoms with E-state index in [0.29, 0.717) is 6.04 Å². The number of benzene rings is 1. The third-order valence-corrected chi connectivity index (χ3v) is 5.92. The predicted molar refractivity (Wildman–Crippen MR) is 106 cm³/mol. The molecule has 0 aliphatic carbocycles. The number of aromatic nitrogens is 3. The minimum atomic E-state index is 0.324. The zero-order valence-corrected chi connectivity index (χ0v) is 15.1. The van der Waals surface area contributed by atoms with Gasteiger partial charge >= 0.3 is 0 Å². The van der Waals surface area contributed by atoms with Crippen LogP contribution in [0.4, 0.5) is 5.82 Å². The molecule has 0 radical (unpaired) electrons. The van der Waals surface area contributed by atoms with Crippen LogP contribution in [0.5, 0.6) is 0 Å². The first-order valence-electron chi connectivity index (χ1n) is 8.86. The fraction of sp³-hybridized carbons (Fsp3) is 0.190. The van der Waals surface area contributed by atoms with E-state index in [1.807, 2.05) is 24.5 Å². The number of nitrogens with zero attached hydrogens (tertiary/aromatic N) is 4. The fourth-order valence-electron chi connectivity index (χ4n) is 3.85. The van der Waals surface area contributed by atoms with Crippen molar-refractivity contribution in [3.05, 3.63) is 72.1 Å². The maximum absolute atomic E-state index is 4.72. The Morgan fingerprint density at radius 3 is 2.81 bits per heavy atom. The molecule has 5 rings (SSSR count). The van der Waals surface area contributed by atoms with Crippen molar-refractivity contribution in [1.29, 1.82) is 0 Å². The molecule has 4 aromatic rings. The number of hydrogen-bond donors (Lipinski definition) is 0. The first kappa shape index (κ1) is 15.5. The highest BCUT2D eigenvalue weighted by atomic mass is 32.1. The monoisotopic (exact) mass is 358 g/mol. The van der Waals surface area contributed by atoms with Gasteiger partial charge in [0.05, 0.1) is 11.4 Å². The highest BCUT2D eigenvalue weighted by molar-refractivity contribution is 7.17. The quantitative estimate of drug-likeness (QED) is 0.511. The largest absolute Gasteiger partial charge is 0.349 e.